The fourth-order valence-corrected chi connectivity index (χ4v) is 6.84. The van der Waals surface area contributed by atoms with Gasteiger partial charge in [0.05, 0.1) is 11.4 Å². The van der Waals surface area contributed by atoms with Gasteiger partial charge >= 0.3 is 0 Å². The van der Waals surface area contributed by atoms with E-state index < -0.39 is 0 Å². The summed E-state index contributed by atoms with van der Waals surface area (Å²) in [5, 5.41) is 11.1. The molecule has 1 aromatic rings. The van der Waals surface area contributed by atoms with Crippen LogP contribution >= 0.6 is 0 Å². The van der Waals surface area contributed by atoms with Crippen molar-refractivity contribution in [1.29, 1.82) is 0 Å². The zero-order valence-corrected chi connectivity index (χ0v) is 31.1. The number of aryl methyl sites for hydroxylation is 2. The van der Waals surface area contributed by atoms with E-state index in [1.54, 1.807) is 0 Å². The van der Waals surface area contributed by atoms with E-state index in [9.17, 15) is 0 Å². The molecule has 0 saturated heterocycles. The number of rotatable bonds is 0. The maximum atomic E-state index is 7.33. The SMILES string of the molecule is C.C.C1#CCCCCCC1.CC1CCCCCCCCC1.CC1CCCCCCCCC1.CN=[N+]=[N-].Cn1nnc2c1CCCCCC2. The Morgan fingerprint density at radius 3 is 1.31 bits per heavy atom. The monoisotopic (exact) mass is 671 g/mol. The maximum Gasteiger partial charge on any atom is 0.0859 e. The van der Waals surface area contributed by atoms with Gasteiger partial charge in [-0.05, 0) is 55.9 Å². The summed E-state index contributed by atoms with van der Waals surface area (Å²) in [5.74, 6) is 8.29. The summed E-state index contributed by atoms with van der Waals surface area (Å²) >= 11 is 0. The van der Waals surface area contributed by atoms with E-state index in [4.69, 9.17) is 5.53 Å². The first-order chi connectivity index (χ1) is 22.6. The summed E-state index contributed by atoms with van der Waals surface area (Å²) in [6.45, 7) is 4.84. The molecule has 4 aliphatic rings. The van der Waals surface area contributed by atoms with Crippen molar-refractivity contribution >= 4 is 0 Å². The third-order valence-electron chi connectivity index (χ3n) is 9.96. The fraction of sp³-hybridized carbons (Fsp3) is 0.905. The highest BCUT2D eigenvalue weighted by atomic mass is 15.4. The average molecular weight is 671 g/mol. The molecule has 5 rings (SSSR count). The van der Waals surface area contributed by atoms with Crippen LogP contribution in [0.15, 0.2) is 5.11 Å². The molecule has 2 fully saturated rings. The molecule has 0 aliphatic heterocycles. The summed E-state index contributed by atoms with van der Waals surface area (Å²) in [6, 6.07) is 0. The number of nitrogens with zero attached hydrogens (tertiary/aromatic N) is 6. The van der Waals surface area contributed by atoms with Crippen molar-refractivity contribution < 1.29 is 0 Å². The first-order valence-corrected chi connectivity index (χ1v) is 19.8. The van der Waals surface area contributed by atoms with E-state index in [-0.39, 0.29) is 14.9 Å². The molecule has 4 aliphatic carbocycles. The molecule has 2 saturated carbocycles. The minimum Gasteiger partial charge on any atom is -0.252 e. The molecular formula is C42H82N6. The molecule has 0 unspecified atom stereocenters. The fourth-order valence-electron chi connectivity index (χ4n) is 6.84. The second-order valence-corrected chi connectivity index (χ2v) is 14.4. The molecule has 0 amide bonds. The summed E-state index contributed by atoms with van der Waals surface area (Å²) in [7, 11) is 3.38. The van der Waals surface area contributed by atoms with E-state index in [2.05, 4.69) is 46.0 Å². The Morgan fingerprint density at radius 1 is 0.583 bits per heavy atom. The number of fused-ring (bicyclic) bond motifs is 1. The van der Waals surface area contributed by atoms with Crippen molar-refractivity contribution in [2.75, 3.05) is 7.05 Å². The van der Waals surface area contributed by atoms with E-state index in [0.29, 0.717) is 0 Å². The Hall–Kier alpha value is -1.99. The molecule has 0 aromatic carbocycles. The van der Waals surface area contributed by atoms with Crippen LogP contribution in [-0.4, -0.2) is 22.0 Å². The van der Waals surface area contributed by atoms with Crippen LogP contribution in [0.4, 0.5) is 0 Å². The molecule has 280 valence electrons. The van der Waals surface area contributed by atoms with Gasteiger partial charge in [-0.1, -0.05) is 180 Å². The minimum absolute atomic E-state index is 0. The van der Waals surface area contributed by atoms with Crippen molar-refractivity contribution in [2.45, 2.75) is 221 Å². The molecular weight excluding hydrogens is 589 g/mol. The van der Waals surface area contributed by atoms with Crippen molar-refractivity contribution in [3.8, 4) is 11.8 Å². The Morgan fingerprint density at radius 2 is 0.917 bits per heavy atom. The van der Waals surface area contributed by atoms with Crippen LogP contribution in [0.1, 0.15) is 220 Å². The Kier molecular flexibility index (Phi) is 36.4. The highest BCUT2D eigenvalue weighted by Crippen LogP contribution is 2.22. The first kappa shape index (κ1) is 48.1. The van der Waals surface area contributed by atoms with Crippen LogP contribution in [-0.2, 0) is 19.9 Å². The van der Waals surface area contributed by atoms with E-state index >= 15 is 0 Å². The normalized spacial score (nSPS) is 19.6. The maximum absolute atomic E-state index is 7.33. The lowest BCUT2D eigenvalue weighted by Gasteiger charge is -2.12. The van der Waals surface area contributed by atoms with Crippen LogP contribution < -0.4 is 0 Å². The van der Waals surface area contributed by atoms with Crippen LogP contribution in [0.25, 0.3) is 10.4 Å². The van der Waals surface area contributed by atoms with Gasteiger partial charge in [-0.3, -0.25) is 4.68 Å². The molecule has 1 heterocycles. The second-order valence-electron chi connectivity index (χ2n) is 14.4. The smallest absolute Gasteiger partial charge is 0.0859 e. The Bertz CT molecular complexity index is 866. The Balaban J connectivity index is 0. The molecule has 0 N–H and O–H groups in total. The topological polar surface area (TPSA) is 79.5 Å². The van der Waals surface area contributed by atoms with Crippen molar-refractivity contribution in [2.24, 2.45) is 24.0 Å². The van der Waals surface area contributed by atoms with Crippen LogP contribution in [0.5, 0.6) is 0 Å². The lowest BCUT2D eigenvalue weighted by molar-refractivity contribution is 0.414. The molecule has 1 aromatic heterocycles. The van der Waals surface area contributed by atoms with E-state index in [1.807, 2.05) is 11.7 Å². The molecule has 6 nitrogen and oxygen atoms in total. The van der Waals surface area contributed by atoms with Crippen LogP contribution in [0.2, 0.25) is 0 Å². The molecule has 0 atom stereocenters. The predicted octanol–water partition coefficient (Wildman–Crippen LogP) is 14.3. The van der Waals surface area contributed by atoms with E-state index in [0.717, 1.165) is 31.1 Å². The van der Waals surface area contributed by atoms with Gasteiger partial charge in [0.1, 0.15) is 0 Å². The van der Waals surface area contributed by atoms with Gasteiger partial charge in [-0.2, -0.15) is 0 Å². The van der Waals surface area contributed by atoms with Gasteiger partial charge in [0.15, 0.2) is 0 Å². The van der Waals surface area contributed by atoms with Gasteiger partial charge in [0.25, 0.3) is 0 Å². The minimum atomic E-state index is 0. The Labute approximate surface area is 300 Å². The number of hydrogen-bond donors (Lipinski definition) is 0. The summed E-state index contributed by atoms with van der Waals surface area (Å²) < 4.78 is 1.93. The lowest BCUT2D eigenvalue weighted by atomic mass is 9.94. The lowest BCUT2D eigenvalue weighted by Crippen LogP contribution is -2.03. The standard InChI is InChI=1S/2C11H22.C9H15N3.C8H12.CH3N3.2CH4/c2*1-11-9-7-5-3-2-4-6-8-10-11;1-12-9-7-5-3-2-4-6-8(9)10-11-12;1-2-4-6-8-7-5-3-1;1-3-4-2;;/h2*11H,2-10H2,1H3;2-7H2,1H3;1-6H2;1H3;2*1H4. The molecule has 0 spiro atoms. The summed E-state index contributed by atoms with van der Waals surface area (Å²) in [5.41, 5.74) is 9.92. The van der Waals surface area contributed by atoms with Gasteiger partial charge in [-0.25, -0.2) is 0 Å². The second kappa shape index (κ2) is 36.3. The predicted molar refractivity (Wildman–Crippen MR) is 212 cm³/mol. The molecule has 0 radical (unpaired) electrons. The molecule has 48 heavy (non-hydrogen) atoms. The van der Waals surface area contributed by atoms with Gasteiger partial charge in [0, 0.05) is 31.8 Å². The van der Waals surface area contributed by atoms with Crippen LogP contribution in [0.3, 0.4) is 0 Å². The number of azide groups is 1. The zero-order valence-electron chi connectivity index (χ0n) is 31.1. The van der Waals surface area contributed by atoms with Crippen molar-refractivity contribution in [3.63, 3.8) is 0 Å². The van der Waals surface area contributed by atoms with Gasteiger partial charge < -0.3 is 0 Å². The summed E-state index contributed by atoms with van der Waals surface area (Å²) in [4.78, 5) is 2.36. The van der Waals surface area contributed by atoms with Gasteiger partial charge in [-0.15, -0.1) is 16.9 Å². The third-order valence-corrected chi connectivity index (χ3v) is 9.96. The van der Waals surface area contributed by atoms with Crippen molar-refractivity contribution in [3.05, 3.63) is 21.8 Å². The highest BCUT2D eigenvalue weighted by Gasteiger charge is 2.12. The molecule has 0 bridgehead atoms. The molecule has 6 heteroatoms. The first-order valence-electron chi connectivity index (χ1n) is 19.8. The highest BCUT2D eigenvalue weighted by molar-refractivity contribution is 5.10. The quantitative estimate of drug-likeness (QED) is 0.119. The summed E-state index contributed by atoms with van der Waals surface area (Å²) in [6.07, 6.45) is 42.1. The van der Waals surface area contributed by atoms with Gasteiger partial charge in [0.2, 0.25) is 0 Å². The average Bonchev–Trinajstić information content (AvgIpc) is 3.38. The van der Waals surface area contributed by atoms with E-state index in [1.165, 1.54) is 192 Å². The third kappa shape index (κ3) is 29.0. The zero-order chi connectivity index (χ0) is 33.3. The largest absolute Gasteiger partial charge is 0.252 e. The number of aromatic nitrogens is 3. The van der Waals surface area contributed by atoms with Crippen LogP contribution in [0, 0.1) is 23.7 Å². The van der Waals surface area contributed by atoms with Crippen molar-refractivity contribution in [1.82, 2.24) is 15.0 Å². The number of hydrogen-bond acceptors (Lipinski definition) is 3.